The highest BCUT2D eigenvalue weighted by atomic mass is 35.5. The molecule has 0 fully saturated rings. The van der Waals surface area contributed by atoms with E-state index in [0.29, 0.717) is 5.02 Å². The number of rotatable bonds is 3. The summed E-state index contributed by atoms with van der Waals surface area (Å²) in [5, 5.41) is 1.50. The summed E-state index contributed by atoms with van der Waals surface area (Å²) in [4.78, 5) is 5.34. The molecule has 17 heavy (non-hydrogen) atoms. The zero-order valence-electron chi connectivity index (χ0n) is 9.43. The molecule has 1 atom stereocenters. The Hall–Kier alpha value is -1.03. The number of aromatic nitrogens is 1. The Labute approximate surface area is 110 Å². The predicted octanol–water partition coefficient (Wildman–Crippen LogP) is 3.91. The Bertz CT molecular complexity index is 497. The summed E-state index contributed by atoms with van der Waals surface area (Å²) in [6, 6.07) is 11.9. The summed E-state index contributed by atoms with van der Waals surface area (Å²) in [7, 11) is 0. The first kappa shape index (κ1) is 12.4. The van der Waals surface area contributed by atoms with Crippen LogP contribution in [0.15, 0.2) is 52.5 Å². The third-order valence-corrected chi connectivity index (χ3v) is 3.79. The number of hydrogen-bond acceptors (Lipinski definition) is 3. The fourth-order valence-corrected chi connectivity index (χ4v) is 2.41. The van der Waals surface area contributed by atoms with Crippen molar-refractivity contribution in [2.45, 2.75) is 22.9 Å². The van der Waals surface area contributed by atoms with Crippen molar-refractivity contribution in [2.24, 2.45) is 5.73 Å². The topological polar surface area (TPSA) is 38.9 Å². The number of benzene rings is 1. The monoisotopic (exact) mass is 264 g/mol. The van der Waals surface area contributed by atoms with E-state index in [1.165, 1.54) is 0 Å². The molecule has 0 spiro atoms. The maximum Gasteiger partial charge on any atom is 0.119 e. The highest BCUT2D eigenvalue weighted by Crippen LogP contribution is 2.31. The zero-order chi connectivity index (χ0) is 12.3. The SMILES string of the molecule is C[C@H](N)c1ccc(Sc2ncccc2Cl)cc1. The lowest BCUT2D eigenvalue weighted by Crippen LogP contribution is -2.04. The smallest absolute Gasteiger partial charge is 0.119 e. The normalized spacial score (nSPS) is 12.4. The van der Waals surface area contributed by atoms with Crippen LogP contribution >= 0.6 is 23.4 Å². The van der Waals surface area contributed by atoms with Gasteiger partial charge in [-0.3, -0.25) is 0 Å². The summed E-state index contributed by atoms with van der Waals surface area (Å²) in [6.07, 6.45) is 1.74. The largest absolute Gasteiger partial charge is 0.324 e. The van der Waals surface area contributed by atoms with Crippen LogP contribution < -0.4 is 5.73 Å². The van der Waals surface area contributed by atoms with Crippen LogP contribution in [0.1, 0.15) is 18.5 Å². The highest BCUT2D eigenvalue weighted by molar-refractivity contribution is 7.99. The van der Waals surface area contributed by atoms with Crippen molar-refractivity contribution in [1.29, 1.82) is 0 Å². The van der Waals surface area contributed by atoms with E-state index in [1.807, 2.05) is 43.3 Å². The Balaban J connectivity index is 2.17. The van der Waals surface area contributed by atoms with Crippen LogP contribution in [0.5, 0.6) is 0 Å². The lowest BCUT2D eigenvalue weighted by Gasteiger charge is -2.07. The Kier molecular flexibility index (Phi) is 4.05. The predicted molar refractivity (Wildman–Crippen MR) is 72.4 cm³/mol. The number of hydrogen-bond donors (Lipinski definition) is 1. The molecule has 0 radical (unpaired) electrons. The molecule has 0 saturated heterocycles. The summed E-state index contributed by atoms with van der Waals surface area (Å²) in [5.41, 5.74) is 6.93. The minimum Gasteiger partial charge on any atom is -0.324 e. The third-order valence-electron chi connectivity index (χ3n) is 2.35. The van der Waals surface area contributed by atoms with E-state index in [0.717, 1.165) is 15.5 Å². The zero-order valence-corrected chi connectivity index (χ0v) is 11.0. The first-order valence-electron chi connectivity index (χ1n) is 5.31. The van der Waals surface area contributed by atoms with Crippen LogP contribution in [-0.4, -0.2) is 4.98 Å². The van der Waals surface area contributed by atoms with E-state index in [1.54, 1.807) is 18.0 Å². The van der Waals surface area contributed by atoms with Gasteiger partial charge in [-0.25, -0.2) is 4.98 Å². The molecule has 0 bridgehead atoms. The van der Waals surface area contributed by atoms with Crippen LogP contribution in [0.4, 0.5) is 0 Å². The van der Waals surface area contributed by atoms with Gasteiger partial charge in [-0.05, 0) is 36.8 Å². The van der Waals surface area contributed by atoms with Crippen LogP contribution in [0.2, 0.25) is 5.02 Å². The van der Waals surface area contributed by atoms with Gasteiger partial charge in [0.2, 0.25) is 0 Å². The second-order valence-corrected chi connectivity index (χ2v) is 5.22. The second kappa shape index (κ2) is 5.54. The minimum absolute atomic E-state index is 0.0625. The van der Waals surface area contributed by atoms with E-state index in [4.69, 9.17) is 17.3 Å². The first-order valence-corrected chi connectivity index (χ1v) is 6.50. The van der Waals surface area contributed by atoms with Gasteiger partial charge in [-0.15, -0.1) is 0 Å². The fraction of sp³-hybridized carbons (Fsp3) is 0.154. The molecule has 0 aliphatic rings. The average Bonchev–Trinajstić information content (AvgIpc) is 2.33. The summed E-state index contributed by atoms with van der Waals surface area (Å²) in [5.74, 6) is 0. The van der Waals surface area contributed by atoms with Gasteiger partial charge < -0.3 is 5.73 Å². The fourth-order valence-electron chi connectivity index (χ4n) is 1.40. The average molecular weight is 265 g/mol. The molecule has 0 aliphatic carbocycles. The number of pyridine rings is 1. The number of halogens is 1. The van der Waals surface area contributed by atoms with Crippen molar-refractivity contribution in [2.75, 3.05) is 0 Å². The van der Waals surface area contributed by atoms with Crippen molar-refractivity contribution in [3.05, 3.63) is 53.2 Å². The molecule has 88 valence electrons. The van der Waals surface area contributed by atoms with Crippen LogP contribution in [0.3, 0.4) is 0 Å². The van der Waals surface area contributed by atoms with Crippen molar-refractivity contribution in [3.8, 4) is 0 Å². The third kappa shape index (κ3) is 3.22. The molecule has 1 aromatic heterocycles. The maximum atomic E-state index is 6.05. The lowest BCUT2D eigenvalue weighted by molar-refractivity contribution is 0.817. The lowest BCUT2D eigenvalue weighted by atomic mass is 10.1. The molecule has 2 N–H and O–H groups in total. The summed E-state index contributed by atoms with van der Waals surface area (Å²) in [6.45, 7) is 1.97. The van der Waals surface area contributed by atoms with Gasteiger partial charge in [0.25, 0.3) is 0 Å². The molecular formula is C13H13ClN2S. The molecule has 2 nitrogen and oxygen atoms in total. The number of nitrogens with two attached hydrogens (primary N) is 1. The van der Waals surface area contributed by atoms with E-state index < -0.39 is 0 Å². The Morgan fingerprint density at radius 2 is 1.94 bits per heavy atom. The van der Waals surface area contributed by atoms with Crippen LogP contribution in [0, 0.1) is 0 Å². The van der Waals surface area contributed by atoms with Gasteiger partial charge in [0.1, 0.15) is 5.03 Å². The van der Waals surface area contributed by atoms with Crippen LogP contribution in [0.25, 0.3) is 0 Å². The summed E-state index contributed by atoms with van der Waals surface area (Å²) >= 11 is 7.60. The second-order valence-electron chi connectivity index (χ2n) is 3.75. The first-order chi connectivity index (χ1) is 8.16. The van der Waals surface area contributed by atoms with Crippen LogP contribution in [-0.2, 0) is 0 Å². The molecule has 0 amide bonds. The van der Waals surface area contributed by atoms with E-state index >= 15 is 0 Å². The molecule has 0 unspecified atom stereocenters. The van der Waals surface area contributed by atoms with Gasteiger partial charge in [0.05, 0.1) is 5.02 Å². The van der Waals surface area contributed by atoms with Gasteiger partial charge >= 0.3 is 0 Å². The molecule has 0 aliphatic heterocycles. The molecule has 1 aromatic carbocycles. The Morgan fingerprint density at radius 3 is 2.53 bits per heavy atom. The highest BCUT2D eigenvalue weighted by Gasteiger charge is 2.04. The van der Waals surface area contributed by atoms with Crippen molar-refractivity contribution >= 4 is 23.4 Å². The number of nitrogens with zero attached hydrogens (tertiary/aromatic N) is 1. The molecule has 2 rings (SSSR count). The maximum absolute atomic E-state index is 6.05. The molecule has 0 saturated carbocycles. The van der Waals surface area contributed by atoms with Gasteiger partial charge in [0, 0.05) is 17.1 Å². The van der Waals surface area contributed by atoms with Crippen molar-refractivity contribution < 1.29 is 0 Å². The summed E-state index contributed by atoms with van der Waals surface area (Å²) < 4.78 is 0. The molecule has 4 heteroatoms. The molecule has 1 heterocycles. The van der Waals surface area contributed by atoms with E-state index in [-0.39, 0.29) is 6.04 Å². The minimum atomic E-state index is 0.0625. The van der Waals surface area contributed by atoms with E-state index in [9.17, 15) is 0 Å². The Morgan fingerprint density at radius 1 is 1.24 bits per heavy atom. The quantitative estimate of drug-likeness (QED) is 0.914. The van der Waals surface area contributed by atoms with Gasteiger partial charge in [0.15, 0.2) is 0 Å². The standard InChI is InChI=1S/C13H13ClN2S/c1-9(15)10-4-6-11(7-5-10)17-13-12(14)3-2-8-16-13/h2-9H,15H2,1H3/t9-/m0/s1. The van der Waals surface area contributed by atoms with Crippen molar-refractivity contribution in [1.82, 2.24) is 4.98 Å². The molecular weight excluding hydrogens is 252 g/mol. The van der Waals surface area contributed by atoms with E-state index in [2.05, 4.69) is 4.98 Å². The van der Waals surface area contributed by atoms with Crippen molar-refractivity contribution in [3.63, 3.8) is 0 Å². The van der Waals surface area contributed by atoms with Gasteiger partial charge in [-0.2, -0.15) is 0 Å². The van der Waals surface area contributed by atoms with Gasteiger partial charge in [-0.1, -0.05) is 35.5 Å². The molecule has 2 aromatic rings.